The Morgan fingerprint density at radius 2 is 1.72 bits per heavy atom. The molecule has 1 saturated heterocycles. The summed E-state index contributed by atoms with van der Waals surface area (Å²) >= 11 is 0. The van der Waals surface area contributed by atoms with E-state index in [0.29, 0.717) is 42.1 Å². The van der Waals surface area contributed by atoms with Gasteiger partial charge in [-0.2, -0.15) is 9.97 Å². The van der Waals surface area contributed by atoms with Crippen LogP contribution in [0.1, 0.15) is 41.0 Å². The maximum Gasteiger partial charge on any atom is 0.317 e. The van der Waals surface area contributed by atoms with E-state index in [1.807, 2.05) is 0 Å². The SMILES string of the molecule is Cc1nc(OCC(=O)CC2CCN(C(=O)c3ccc(F)cc3)CC2)nc(C)c1N. The number of hydrogen-bond donors (Lipinski definition) is 1. The number of hydrogen-bond acceptors (Lipinski definition) is 6. The molecule has 0 unspecified atom stereocenters. The average Bonchev–Trinajstić information content (AvgIpc) is 2.71. The summed E-state index contributed by atoms with van der Waals surface area (Å²) in [6.07, 6.45) is 1.88. The molecule has 0 spiro atoms. The summed E-state index contributed by atoms with van der Waals surface area (Å²) in [7, 11) is 0. The van der Waals surface area contributed by atoms with Crippen molar-refractivity contribution in [2.45, 2.75) is 33.1 Å². The molecular formula is C21H25FN4O3. The quantitative estimate of drug-likeness (QED) is 0.801. The average molecular weight is 400 g/mol. The van der Waals surface area contributed by atoms with Gasteiger partial charge in [0.05, 0.1) is 17.1 Å². The van der Waals surface area contributed by atoms with E-state index >= 15 is 0 Å². The Labute approximate surface area is 169 Å². The van der Waals surface area contributed by atoms with Crippen LogP contribution in [0.15, 0.2) is 24.3 Å². The summed E-state index contributed by atoms with van der Waals surface area (Å²) in [5.74, 6) is -0.289. The van der Waals surface area contributed by atoms with E-state index in [4.69, 9.17) is 10.5 Å². The summed E-state index contributed by atoms with van der Waals surface area (Å²) < 4.78 is 18.4. The number of anilines is 1. The van der Waals surface area contributed by atoms with Crippen LogP contribution in [0.25, 0.3) is 0 Å². The van der Waals surface area contributed by atoms with Crippen molar-refractivity contribution in [1.82, 2.24) is 14.9 Å². The zero-order valence-corrected chi connectivity index (χ0v) is 16.7. The minimum absolute atomic E-state index is 0.0240. The number of ketones is 1. The van der Waals surface area contributed by atoms with E-state index in [9.17, 15) is 14.0 Å². The van der Waals surface area contributed by atoms with Gasteiger partial charge in [-0.1, -0.05) is 0 Å². The molecule has 3 rings (SSSR count). The highest BCUT2D eigenvalue weighted by atomic mass is 19.1. The molecule has 1 amide bonds. The van der Waals surface area contributed by atoms with Gasteiger partial charge in [0.2, 0.25) is 0 Å². The lowest BCUT2D eigenvalue weighted by Gasteiger charge is -2.31. The van der Waals surface area contributed by atoms with Crippen LogP contribution in [0.2, 0.25) is 0 Å². The molecule has 2 N–H and O–H groups in total. The van der Waals surface area contributed by atoms with Gasteiger partial charge in [0, 0.05) is 25.1 Å². The molecule has 1 fully saturated rings. The number of Topliss-reactive ketones (excluding diaryl/α,β-unsaturated/α-hetero) is 1. The Bertz CT molecular complexity index is 870. The number of nitrogens with zero attached hydrogens (tertiary/aromatic N) is 3. The Balaban J connectivity index is 1.45. The van der Waals surface area contributed by atoms with Crippen LogP contribution in [0.5, 0.6) is 6.01 Å². The van der Waals surface area contributed by atoms with E-state index in [2.05, 4.69) is 9.97 Å². The van der Waals surface area contributed by atoms with Crippen molar-refractivity contribution in [2.75, 3.05) is 25.4 Å². The van der Waals surface area contributed by atoms with Gasteiger partial charge in [-0.05, 0) is 56.9 Å². The van der Waals surface area contributed by atoms with Crippen molar-refractivity contribution in [1.29, 1.82) is 0 Å². The Morgan fingerprint density at radius 1 is 1.14 bits per heavy atom. The Hall–Kier alpha value is -3.03. The molecule has 0 saturated carbocycles. The molecule has 2 heterocycles. The number of amides is 1. The van der Waals surface area contributed by atoms with E-state index < -0.39 is 0 Å². The molecular weight excluding hydrogens is 375 g/mol. The molecule has 1 aliphatic rings. The lowest BCUT2D eigenvalue weighted by Crippen LogP contribution is -2.39. The van der Waals surface area contributed by atoms with Gasteiger partial charge in [-0.25, -0.2) is 4.39 Å². The van der Waals surface area contributed by atoms with Gasteiger partial charge in [0.1, 0.15) is 12.4 Å². The molecule has 7 nitrogen and oxygen atoms in total. The van der Waals surface area contributed by atoms with Crippen LogP contribution in [-0.2, 0) is 4.79 Å². The van der Waals surface area contributed by atoms with Gasteiger partial charge < -0.3 is 15.4 Å². The molecule has 8 heteroatoms. The maximum atomic E-state index is 13.0. The second-order valence-corrected chi connectivity index (χ2v) is 7.36. The lowest BCUT2D eigenvalue weighted by atomic mass is 9.91. The van der Waals surface area contributed by atoms with Crippen LogP contribution in [-0.4, -0.2) is 46.3 Å². The maximum absolute atomic E-state index is 13.0. The number of carbonyl (C=O) groups excluding carboxylic acids is 2. The number of benzene rings is 1. The summed E-state index contributed by atoms with van der Waals surface area (Å²) in [4.78, 5) is 34.8. The third-order valence-electron chi connectivity index (χ3n) is 5.18. The summed E-state index contributed by atoms with van der Waals surface area (Å²) in [6, 6.07) is 5.71. The highest BCUT2D eigenvalue weighted by Gasteiger charge is 2.25. The van der Waals surface area contributed by atoms with Crippen molar-refractivity contribution in [2.24, 2.45) is 5.92 Å². The van der Waals surface area contributed by atoms with E-state index in [1.165, 1.54) is 24.3 Å². The van der Waals surface area contributed by atoms with Crippen molar-refractivity contribution in [3.05, 3.63) is 47.0 Å². The topological polar surface area (TPSA) is 98.4 Å². The minimum atomic E-state index is -0.365. The van der Waals surface area contributed by atoms with Crippen LogP contribution in [0.3, 0.4) is 0 Å². The highest BCUT2D eigenvalue weighted by molar-refractivity contribution is 5.94. The third kappa shape index (κ3) is 5.28. The normalized spacial score (nSPS) is 14.7. The van der Waals surface area contributed by atoms with Crippen molar-refractivity contribution < 1.29 is 18.7 Å². The molecule has 1 aromatic carbocycles. The number of likely N-dealkylation sites (tertiary alicyclic amines) is 1. The zero-order valence-electron chi connectivity index (χ0n) is 16.7. The standard InChI is InChI=1S/C21H25FN4O3/c1-13-19(23)14(2)25-21(24-13)29-12-18(27)11-15-7-9-26(10-8-15)20(28)16-3-5-17(22)6-4-16/h3-6,15H,7-12,23H2,1-2H3. The monoisotopic (exact) mass is 400 g/mol. The van der Waals surface area contributed by atoms with Crippen LogP contribution in [0, 0.1) is 25.6 Å². The van der Waals surface area contributed by atoms with Gasteiger partial charge in [0.25, 0.3) is 5.91 Å². The van der Waals surface area contributed by atoms with E-state index in [1.54, 1.807) is 18.7 Å². The number of nitrogen functional groups attached to an aromatic ring is 1. The summed E-state index contributed by atoms with van der Waals surface area (Å²) in [6.45, 7) is 4.60. The number of nitrogens with two attached hydrogens (primary N) is 1. The van der Waals surface area contributed by atoms with Crippen molar-refractivity contribution >= 4 is 17.4 Å². The van der Waals surface area contributed by atoms with Gasteiger partial charge >= 0.3 is 6.01 Å². The summed E-state index contributed by atoms with van der Waals surface area (Å²) in [5.41, 5.74) is 8.06. The highest BCUT2D eigenvalue weighted by Crippen LogP contribution is 2.23. The zero-order chi connectivity index (χ0) is 21.0. The number of piperidine rings is 1. The fourth-order valence-corrected chi connectivity index (χ4v) is 3.40. The fraction of sp³-hybridized carbons (Fsp3) is 0.429. The van der Waals surface area contributed by atoms with Crippen LogP contribution < -0.4 is 10.5 Å². The number of rotatable bonds is 6. The number of halogens is 1. The predicted molar refractivity (Wildman–Crippen MR) is 106 cm³/mol. The second-order valence-electron chi connectivity index (χ2n) is 7.36. The number of ether oxygens (including phenoxy) is 1. The molecule has 1 aromatic heterocycles. The first kappa shape index (κ1) is 20.7. The van der Waals surface area contributed by atoms with Crippen molar-refractivity contribution in [3.8, 4) is 6.01 Å². The van der Waals surface area contributed by atoms with Gasteiger partial charge in [0.15, 0.2) is 5.78 Å². The van der Waals surface area contributed by atoms with Crippen LogP contribution >= 0.6 is 0 Å². The Morgan fingerprint density at radius 3 is 2.31 bits per heavy atom. The second kappa shape index (κ2) is 8.98. The minimum Gasteiger partial charge on any atom is -0.455 e. The largest absolute Gasteiger partial charge is 0.455 e. The molecule has 2 aromatic rings. The smallest absolute Gasteiger partial charge is 0.317 e. The number of aryl methyl sites for hydroxylation is 2. The lowest BCUT2D eigenvalue weighted by molar-refractivity contribution is -0.122. The first-order chi connectivity index (χ1) is 13.8. The Kier molecular flexibility index (Phi) is 6.41. The van der Waals surface area contributed by atoms with Gasteiger partial charge in [-0.3, -0.25) is 9.59 Å². The molecule has 0 atom stereocenters. The fourth-order valence-electron chi connectivity index (χ4n) is 3.40. The van der Waals surface area contributed by atoms with E-state index in [-0.39, 0.29) is 36.0 Å². The first-order valence-corrected chi connectivity index (χ1v) is 9.63. The van der Waals surface area contributed by atoms with Crippen LogP contribution in [0.4, 0.5) is 10.1 Å². The molecule has 0 radical (unpaired) electrons. The number of carbonyl (C=O) groups is 2. The molecule has 154 valence electrons. The van der Waals surface area contributed by atoms with Gasteiger partial charge in [-0.15, -0.1) is 0 Å². The first-order valence-electron chi connectivity index (χ1n) is 9.63. The van der Waals surface area contributed by atoms with E-state index in [0.717, 1.165) is 12.8 Å². The third-order valence-corrected chi connectivity index (χ3v) is 5.18. The molecule has 1 aliphatic heterocycles. The molecule has 0 bridgehead atoms. The summed E-state index contributed by atoms with van der Waals surface area (Å²) in [5, 5.41) is 0. The molecule has 29 heavy (non-hydrogen) atoms. The number of aromatic nitrogens is 2. The molecule has 0 aliphatic carbocycles. The predicted octanol–water partition coefficient (Wildman–Crippen LogP) is 2.71. The van der Waals surface area contributed by atoms with Crippen molar-refractivity contribution in [3.63, 3.8) is 0 Å².